The molecule has 6 rings (SSSR count). The highest BCUT2D eigenvalue weighted by Gasteiger charge is 2.45. The molecule has 1 amide bonds. The second-order valence-corrected chi connectivity index (χ2v) is 16.6. The number of ketones is 1. The molecule has 2 aliphatic carbocycles. The van der Waals surface area contributed by atoms with E-state index in [1.807, 2.05) is 25.1 Å². The van der Waals surface area contributed by atoms with Crippen LogP contribution in [0.2, 0.25) is 5.02 Å². The molecule has 7 atom stereocenters. The van der Waals surface area contributed by atoms with E-state index in [9.17, 15) is 13.8 Å². The van der Waals surface area contributed by atoms with Crippen molar-refractivity contribution in [2.45, 2.75) is 82.8 Å². The van der Waals surface area contributed by atoms with Crippen molar-refractivity contribution in [3.05, 3.63) is 58.1 Å². The maximum atomic E-state index is 13.7. The fourth-order valence-electron chi connectivity index (χ4n) is 8.19. The Morgan fingerprint density at radius 3 is 2.67 bits per heavy atom. The average molecular weight is 625 g/mol. The monoisotopic (exact) mass is 624 g/mol. The predicted octanol–water partition coefficient (Wildman–Crippen LogP) is 6.61. The number of anilines is 1. The van der Waals surface area contributed by atoms with E-state index in [0.717, 1.165) is 80.9 Å². The van der Waals surface area contributed by atoms with Gasteiger partial charge in [-0.15, -0.1) is 0 Å². The van der Waals surface area contributed by atoms with Crippen LogP contribution in [0.3, 0.4) is 0 Å². The Hall–Kier alpha value is -2.51. The first-order valence-corrected chi connectivity index (χ1v) is 18.1. The van der Waals surface area contributed by atoms with Crippen LogP contribution in [0.15, 0.2) is 36.4 Å². The number of amides is 1. The van der Waals surface area contributed by atoms with Crippen LogP contribution in [-0.2, 0) is 26.3 Å². The Balaban J connectivity index is 1.43. The lowest BCUT2D eigenvalue weighted by atomic mass is 9.64. The van der Waals surface area contributed by atoms with Gasteiger partial charge < -0.3 is 9.64 Å². The second kappa shape index (κ2) is 11.8. The molecule has 0 radical (unpaired) electrons. The van der Waals surface area contributed by atoms with Gasteiger partial charge in [-0.05, 0) is 124 Å². The van der Waals surface area contributed by atoms with Gasteiger partial charge >= 0.3 is 0 Å². The lowest BCUT2D eigenvalue weighted by molar-refractivity contribution is -0.125. The topological polar surface area (TPSA) is 75.7 Å². The Labute approximate surface area is 262 Å². The highest BCUT2D eigenvalue weighted by molar-refractivity contribution is 7.99. The molecule has 2 aromatic rings. The summed E-state index contributed by atoms with van der Waals surface area (Å²) in [5, 5.41) is 0.463. The van der Waals surface area contributed by atoms with E-state index in [1.54, 1.807) is 13.0 Å². The van der Waals surface area contributed by atoms with Crippen LogP contribution >= 0.6 is 11.6 Å². The van der Waals surface area contributed by atoms with Crippen LogP contribution < -0.4 is 14.4 Å². The van der Waals surface area contributed by atoms with Crippen molar-refractivity contribution < 1.29 is 18.5 Å². The third-order valence-electron chi connectivity index (χ3n) is 11.1. The number of fused-ring (bicyclic) bond motifs is 4. The summed E-state index contributed by atoms with van der Waals surface area (Å²) >= 11 is 6.42. The molecule has 2 aliphatic heterocycles. The molecule has 8 heteroatoms. The van der Waals surface area contributed by atoms with Gasteiger partial charge in [0.2, 0.25) is 0 Å². The molecule has 1 N–H and O–H groups in total. The first-order valence-electron chi connectivity index (χ1n) is 16.0. The zero-order chi connectivity index (χ0) is 30.5. The number of hydrogen-bond acceptors (Lipinski definition) is 5. The van der Waals surface area contributed by atoms with Crippen LogP contribution in [0, 0.1) is 23.7 Å². The van der Waals surface area contributed by atoms with Gasteiger partial charge in [0.25, 0.3) is 5.91 Å². The largest absolute Gasteiger partial charge is 0.490 e. The van der Waals surface area contributed by atoms with Gasteiger partial charge in [-0.3, -0.25) is 14.3 Å². The number of halogens is 1. The molecule has 6 nitrogen and oxygen atoms in total. The second-order valence-electron chi connectivity index (χ2n) is 13.8. The number of hydrogen-bond donors (Lipinski definition) is 1. The third kappa shape index (κ3) is 5.84. The molecule has 2 heterocycles. The van der Waals surface area contributed by atoms with Crippen molar-refractivity contribution in [1.82, 2.24) is 4.72 Å². The van der Waals surface area contributed by atoms with Gasteiger partial charge in [0, 0.05) is 40.3 Å². The SMILES string of the molecule is C=S1(=O)NC(=O)c2ccc3c(c2)N(C[C@@H]2CC[C@H]2[C@@H](C(C)=O)CCC[C@H](C)[C@H]1C)C[C@@]1(CCCc2cc(Cl)ccc21)CO3. The number of Topliss-reactive ketones (excluding diaryl/α,β-unsaturated/α-hetero) is 1. The minimum Gasteiger partial charge on any atom is -0.490 e. The molecule has 43 heavy (non-hydrogen) atoms. The summed E-state index contributed by atoms with van der Waals surface area (Å²) in [4.78, 5) is 29.0. The summed E-state index contributed by atoms with van der Waals surface area (Å²) in [5.74, 6) is 5.53. The van der Waals surface area contributed by atoms with E-state index in [1.165, 1.54) is 11.1 Å². The third-order valence-corrected chi connectivity index (χ3v) is 13.5. The molecular weight excluding hydrogens is 580 g/mol. The Morgan fingerprint density at radius 2 is 1.93 bits per heavy atom. The van der Waals surface area contributed by atoms with E-state index in [0.29, 0.717) is 24.0 Å². The summed E-state index contributed by atoms with van der Waals surface area (Å²) in [6, 6.07) is 11.8. The highest BCUT2D eigenvalue weighted by atomic mass is 35.5. The number of benzene rings is 2. The summed E-state index contributed by atoms with van der Waals surface area (Å²) < 4.78 is 23.1. The summed E-state index contributed by atoms with van der Waals surface area (Å²) in [6.45, 7) is 7.85. The molecule has 1 saturated carbocycles. The standard InChI is InChI=1S/C35H45ClN2O4S/c1-22-7-5-9-29(23(2)39)30-13-10-27(30)19-38-20-35(16-6-8-25-17-28(36)12-14-31(25)35)21-42-33-15-11-26(18-32(33)38)34(40)37-43(4,41)24(22)3/h11-12,14-15,17-18,22,24,27,29-30H,4-10,13,16,19-21H2,1-3H3,(H,37,40,41)/t22-,24+,27-,29+,30+,35-,43?/m0/s1. The van der Waals surface area contributed by atoms with E-state index in [2.05, 4.69) is 34.5 Å². The zero-order valence-electron chi connectivity index (χ0n) is 25.7. The van der Waals surface area contributed by atoms with Crippen molar-refractivity contribution in [3.8, 4) is 5.75 Å². The first-order chi connectivity index (χ1) is 20.5. The molecule has 232 valence electrons. The van der Waals surface area contributed by atoms with E-state index < -0.39 is 9.71 Å². The van der Waals surface area contributed by atoms with Crippen LogP contribution in [0.4, 0.5) is 5.69 Å². The predicted molar refractivity (Wildman–Crippen MR) is 176 cm³/mol. The molecule has 0 saturated heterocycles. The molecule has 4 aliphatic rings. The number of nitrogens with zero attached hydrogens (tertiary/aromatic N) is 1. The summed E-state index contributed by atoms with van der Waals surface area (Å²) in [5.41, 5.74) is 3.71. The molecule has 1 spiro atoms. The number of rotatable bonds is 1. The fraction of sp³-hybridized carbons (Fsp3) is 0.571. The van der Waals surface area contributed by atoms with Crippen LogP contribution in [0.1, 0.15) is 87.2 Å². The first kappa shape index (κ1) is 30.5. The van der Waals surface area contributed by atoms with Gasteiger partial charge in [0.15, 0.2) is 0 Å². The van der Waals surface area contributed by atoms with Crippen molar-refractivity contribution in [1.29, 1.82) is 0 Å². The van der Waals surface area contributed by atoms with Crippen molar-refractivity contribution in [2.24, 2.45) is 23.7 Å². The van der Waals surface area contributed by atoms with Crippen molar-refractivity contribution >= 4 is 44.6 Å². The molecule has 2 aromatic carbocycles. The smallest absolute Gasteiger partial charge is 0.262 e. The van der Waals surface area contributed by atoms with Gasteiger partial charge in [0.1, 0.15) is 11.5 Å². The Morgan fingerprint density at radius 1 is 1.12 bits per heavy atom. The van der Waals surface area contributed by atoms with E-state index in [4.69, 9.17) is 16.3 Å². The number of ether oxygens (including phenoxy) is 1. The van der Waals surface area contributed by atoms with Gasteiger partial charge in [-0.25, -0.2) is 4.21 Å². The molecule has 2 bridgehead atoms. The van der Waals surface area contributed by atoms with Crippen LogP contribution in [0.25, 0.3) is 0 Å². The fourth-order valence-corrected chi connectivity index (χ4v) is 9.89. The minimum absolute atomic E-state index is 0.0403. The average Bonchev–Trinajstić information content (AvgIpc) is 3.10. The number of carbonyl (C=O) groups is 2. The number of aryl methyl sites for hydroxylation is 1. The maximum absolute atomic E-state index is 13.7. The minimum atomic E-state index is -2.90. The van der Waals surface area contributed by atoms with E-state index >= 15 is 0 Å². The molecule has 1 unspecified atom stereocenters. The zero-order valence-corrected chi connectivity index (χ0v) is 27.3. The normalized spacial score (nSPS) is 34.6. The molecule has 1 fully saturated rings. The summed E-state index contributed by atoms with van der Waals surface area (Å²) in [6.07, 6.45) is 7.81. The Bertz CT molecular complexity index is 1520. The van der Waals surface area contributed by atoms with Gasteiger partial charge in [0.05, 0.1) is 22.0 Å². The molecule has 0 aromatic heterocycles. The maximum Gasteiger partial charge on any atom is 0.262 e. The quantitative estimate of drug-likeness (QED) is 0.361. The lowest BCUT2D eigenvalue weighted by Crippen LogP contribution is -2.49. The van der Waals surface area contributed by atoms with Gasteiger partial charge in [-0.2, -0.15) is 0 Å². The van der Waals surface area contributed by atoms with Crippen LogP contribution in [-0.4, -0.2) is 46.7 Å². The lowest BCUT2D eigenvalue weighted by Gasteiger charge is -2.46. The number of carbonyl (C=O) groups excluding carboxylic acids is 2. The van der Waals surface area contributed by atoms with Crippen LogP contribution in [0.5, 0.6) is 5.75 Å². The molecular formula is C35H45ClN2O4S. The Kier molecular flexibility index (Phi) is 8.36. The van der Waals surface area contributed by atoms with Crippen molar-refractivity contribution in [2.75, 3.05) is 24.6 Å². The van der Waals surface area contributed by atoms with Crippen molar-refractivity contribution in [3.63, 3.8) is 0 Å². The number of nitrogens with one attached hydrogen (secondary N) is 1. The highest BCUT2D eigenvalue weighted by Crippen LogP contribution is 2.48. The summed E-state index contributed by atoms with van der Waals surface area (Å²) in [7, 11) is -2.90. The van der Waals surface area contributed by atoms with Gasteiger partial charge in [-0.1, -0.05) is 31.0 Å². The van der Waals surface area contributed by atoms with E-state index in [-0.39, 0.29) is 34.2 Å².